The Morgan fingerprint density at radius 3 is 2.68 bits per heavy atom. The molecule has 0 saturated carbocycles. The maximum Gasteiger partial charge on any atom is 0.168 e. The van der Waals surface area contributed by atoms with Crippen molar-refractivity contribution >= 4 is 11.6 Å². The van der Waals surface area contributed by atoms with E-state index in [4.69, 9.17) is 0 Å². The maximum absolute atomic E-state index is 13.9. The van der Waals surface area contributed by atoms with Crippen molar-refractivity contribution in [3.8, 4) is 0 Å². The van der Waals surface area contributed by atoms with E-state index in [1.807, 2.05) is 11.8 Å². The molecular formula is C14H21F2N3. The van der Waals surface area contributed by atoms with Crippen molar-refractivity contribution in [3.05, 3.63) is 17.7 Å². The van der Waals surface area contributed by atoms with Crippen molar-refractivity contribution < 1.29 is 8.78 Å². The fraction of sp³-hybridized carbons (Fsp3) is 0.643. The summed E-state index contributed by atoms with van der Waals surface area (Å²) in [5.41, 5.74) is 0. The minimum atomic E-state index is -0.637. The maximum atomic E-state index is 13.9. The molecule has 1 aliphatic heterocycles. The Balaban J connectivity index is 2.26. The van der Waals surface area contributed by atoms with E-state index in [0.29, 0.717) is 18.4 Å². The van der Waals surface area contributed by atoms with E-state index in [0.717, 1.165) is 25.6 Å². The number of nitrogens with one attached hydrogen (secondary N) is 1. The highest BCUT2D eigenvalue weighted by molar-refractivity contribution is 5.49. The lowest BCUT2D eigenvalue weighted by Crippen LogP contribution is -2.39. The van der Waals surface area contributed by atoms with Crippen LogP contribution in [-0.4, -0.2) is 24.6 Å². The van der Waals surface area contributed by atoms with E-state index in [-0.39, 0.29) is 11.6 Å². The van der Waals surface area contributed by atoms with Gasteiger partial charge in [0.15, 0.2) is 23.3 Å². The predicted molar refractivity (Wildman–Crippen MR) is 73.5 cm³/mol. The average molecular weight is 269 g/mol. The summed E-state index contributed by atoms with van der Waals surface area (Å²) in [6.45, 7) is 8.32. The zero-order valence-corrected chi connectivity index (χ0v) is 11.7. The van der Waals surface area contributed by atoms with Gasteiger partial charge in [0.2, 0.25) is 0 Å². The van der Waals surface area contributed by atoms with Gasteiger partial charge in [0.05, 0.1) is 0 Å². The first kappa shape index (κ1) is 14.0. The normalized spacial score (nSPS) is 23.5. The first-order chi connectivity index (χ1) is 9.02. The molecule has 0 amide bonds. The second-order valence-electron chi connectivity index (χ2n) is 5.34. The van der Waals surface area contributed by atoms with Crippen LogP contribution < -0.4 is 10.2 Å². The molecule has 1 aliphatic rings. The van der Waals surface area contributed by atoms with Gasteiger partial charge >= 0.3 is 0 Å². The number of nitrogens with zero attached hydrogens (tertiary/aromatic N) is 2. The summed E-state index contributed by atoms with van der Waals surface area (Å²) < 4.78 is 27.4. The van der Waals surface area contributed by atoms with E-state index >= 15 is 0 Å². The molecule has 0 radical (unpaired) electrons. The molecule has 1 aromatic heterocycles. The Bertz CT molecular complexity index is 451. The van der Waals surface area contributed by atoms with Crippen molar-refractivity contribution in [3.63, 3.8) is 0 Å². The molecule has 1 fully saturated rings. The lowest BCUT2D eigenvalue weighted by Gasteiger charge is -2.36. The SMILES string of the molecule is CCNc1nc(N2CCC(C)C(C)C2)c(F)cc1F. The molecular weight excluding hydrogens is 248 g/mol. The van der Waals surface area contributed by atoms with Gasteiger partial charge in [-0.3, -0.25) is 0 Å². The van der Waals surface area contributed by atoms with Gasteiger partial charge in [-0.25, -0.2) is 13.8 Å². The summed E-state index contributed by atoms with van der Waals surface area (Å²) in [7, 11) is 0. The number of piperidine rings is 1. The molecule has 2 unspecified atom stereocenters. The van der Waals surface area contributed by atoms with Crippen LogP contribution in [0.25, 0.3) is 0 Å². The first-order valence-corrected chi connectivity index (χ1v) is 6.87. The molecule has 3 nitrogen and oxygen atoms in total. The summed E-state index contributed by atoms with van der Waals surface area (Å²) in [6.07, 6.45) is 1.01. The van der Waals surface area contributed by atoms with Gasteiger partial charge in [0, 0.05) is 25.7 Å². The zero-order chi connectivity index (χ0) is 14.0. The van der Waals surface area contributed by atoms with Gasteiger partial charge in [-0.05, 0) is 25.2 Å². The number of aromatic nitrogens is 1. The van der Waals surface area contributed by atoms with Gasteiger partial charge in [-0.2, -0.15) is 0 Å². The Labute approximate surface area is 113 Å². The van der Waals surface area contributed by atoms with E-state index < -0.39 is 11.6 Å². The predicted octanol–water partition coefficient (Wildman–Crippen LogP) is 3.27. The summed E-state index contributed by atoms with van der Waals surface area (Å²) >= 11 is 0. The molecule has 1 saturated heterocycles. The first-order valence-electron chi connectivity index (χ1n) is 6.87. The van der Waals surface area contributed by atoms with E-state index in [1.165, 1.54) is 0 Å². The molecule has 0 spiro atoms. The minimum Gasteiger partial charge on any atom is -0.368 e. The monoisotopic (exact) mass is 269 g/mol. The quantitative estimate of drug-likeness (QED) is 0.912. The second-order valence-corrected chi connectivity index (χ2v) is 5.34. The van der Waals surface area contributed by atoms with Crippen LogP contribution in [0, 0.1) is 23.5 Å². The highest BCUT2D eigenvalue weighted by atomic mass is 19.1. The Hall–Kier alpha value is -1.39. The molecule has 0 bridgehead atoms. The molecule has 106 valence electrons. The molecule has 1 aromatic rings. The standard InChI is InChI=1S/C14H21F2N3/c1-4-17-13-11(15)7-12(16)14(18-13)19-6-5-9(2)10(3)8-19/h7,9-10H,4-6,8H2,1-3H3,(H,17,18). The third-order valence-electron chi connectivity index (χ3n) is 3.89. The van der Waals surface area contributed by atoms with Crippen LogP contribution in [0.1, 0.15) is 27.2 Å². The van der Waals surface area contributed by atoms with Gasteiger partial charge in [0.1, 0.15) is 0 Å². The number of rotatable bonds is 3. The lowest BCUT2D eigenvalue weighted by molar-refractivity contribution is 0.321. The van der Waals surface area contributed by atoms with Gasteiger partial charge in [-0.1, -0.05) is 13.8 Å². The molecule has 5 heteroatoms. The third-order valence-corrected chi connectivity index (χ3v) is 3.89. The molecule has 0 aromatic carbocycles. The van der Waals surface area contributed by atoms with Crippen LogP contribution in [0.5, 0.6) is 0 Å². The number of halogens is 2. The van der Waals surface area contributed by atoms with Crippen LogP contribution in [0.3, 0.4) is 0 Å². The highest BCUT2D eigenvalue weighted by Crippen LogP contribution is 2.29. The largest absolute Gasteiger partial charge is 0.368 e. The smallest absolute Gasteiger partial charge is 0.168 e. The Morgan fingerprint density at radius 2 is 2.05 bits per heavy atom. The number of pyridine rings is 1. The summed E-state index contributed by atoms with van der Waals surface area (Å²) in [6, 6.07) is 0.920. The second kappa shape index (κ2) is 5.72. The van der Waals surface area contributed by atoms with Crippen molar-refractivity contribution in [2.75, 3.05) is 29.9 Å². The van der Waals surface area contributed by atoms with Crippen LogP contribution in [0.2, 0.25) is 0 Å². The molecule has 1 N–H and O–H groups in total. The number of anilines is 2. The van der Waals surface area contributed by atoms with Gasteiger partial charge < -0.3 is 10.2 Å². The lowest BCUT2D eigenvalue weighted by atomic mass is 9.89. The van der Waals surface area contributed by atoms with Gasteiger partial charge in [0.25, 0.3) is 0 Å². The van der Waals surface area contributed by atoms with E-state index in [1.54, 1.807) is 0 Å². The number of hydrogen-bond donors (Lipinski definition) is 1. The molecule has 2 rings (SSSR count). The summed E-state index contributed by atoms with van der Waals surface area (Å²) in [5.74, 6) is 0.291. The minimum absolute atomic E-state index is 0.130. The Kier molecular flexibility index (Phi) is 4.22. The van der Waals surface area contributed by atoms with E-state index in [2.05, 4.69) is 24.1 Å². The van der Waals surface area contributed by atoms with Crippen LogP contribution in [0.4, 0.5) is 20.4 Å². The summed E-state index contributed by atoms with van der Waals surface area (Å²) in [4.78, 5) is 6.03. The number of hydrogen-bond acceptors (Lipinski definition) is 3. The third kappa shape index (κ3) is 2.96. The Morgan fingerprint density at radius 1 is 1.32 bits per heavy atom. The molecule has 0 aliphatic carbocycles. The van der Waals surface area contributed by atoms with Crippen molar-refractivity contribution in [2.24, 2.45) is 11.8 Å². The topological polar surface area (TPSA) is 28.2 Å². The molecule has 2 atom stereocenters. The highest BCUT2D eigenvalue weighted by Gasteiger charge is 2.26. The fourth-order valence-electron chi connectivity index (χ4n) is 2.43. The fourth-order valence-corrected chi connectivity index (χ4v) is 2.43. The van der Waals surface area contributed by atoms with Crippen molar-refractivity contribution in [2.45, 2.75) is 27.2 Å². The average Bonchev–Trinajstić information content (AvgIpc) is 2.36. The van der Waals surface area contributed by atoms with Crippen LogP contribution in [-0.2, 0) is 0 Å². The molecule has 19 heavy (non-hydrogen) atoms. The summed E-state index contributed by atoms with van der Waals surface area (Å²) in [5, 5.41) is 2.82. The van der Waals surface area contributed by atoms with Crippen LogP contribution >= 0.6 is 0 Å². The van der Waals surface area contributed by atoms with Crippen molar-refractivity contribution in [1.82, 2.24) is 4.98 Å². The van der Waals surface area contributed by atoms with Crippen molar-refractivity contribution in [1.29, 1.82) is 0 Å². The van der Waals surface area contributed by atoms with Crippen LogP contribution in [0.15, 0.2) is 6.07 Å². The molecule has 2 heterocycles. The van der Waals surface area contributed by atoms with Gasteiger partial charge in [-0.15, -0.1) is 0 Å². The van der Waals surface area contributed by atoms with E-state index in [9.17, 15) is 8.78 Å². The zero-order valence-electron chi connectivity index (χ0n) is 11.7.